The zero-order valence-electron chi connectivity index (χ0n) is 23.0. The van der Waals surface area contributed by atoms with Crippen molar-refractivity contribution < 1.29 is 46.6 Å². The van der Waals surface area contributed by atoms with Gasteiger partial charge in [-0.15, -0.1) is 0 Å². The molecule has 0 bridgehead atoms. The lowest BCUT2D eigenvalue weighted by atomic mass is 9.80. The van der Waals surface area contributed by atoms with E-state index < -0.39 is 46.4 Å². The number of nitrogens with zero attached hydrogens (tertiary/aromatic N) is 2. The fourth-order valence-electron chi connectivity index (χ4n) is 4.93. The van der Waals surface area contributed by atoms with Gasteiger partial charge in [0.2, 0.25) is 5.88 Å². The van der Waals surface area contributed by atoms with Gasteiger partial charge in [-0.3, -0.25) is 14.5 Å². The normalized spacial score (nSPS) is 17.1. The number of ether oxygens (including phenoxy) is 3. The number of rotatable bonds is 8. The minimum atomic E-state index is -4.83. The van der Waals surface area contributed by atoms with Crippen molar-refractivity contribution in [3.8, 4) is 0 Å². The van der Waals surface area contributed by atoms with Crippen LogP contribution >= 0.6 is 11.6 Å². The van der Waals surface area contributed by atoms with Crippen molar-refractivity contribution in [1.29, 1.82) is 0 Å². The number of alkyl halides is 3. The molecular weight excluding hydrogens is 581 g/mol. The van der Waals surface area contributed by atoms with Gasteiger partial charge in [-0.1, -0.05) is 35.9 Å². The highest BCUT2D eigenvalue weighted by Gasteiger charge is 2.45. The van der Waals surface area contributed by atoms with Crippen LogP contribution in [0, 0.1) is 0 Å². The van der Waals surface area contributed by atoms with Crippen LogP contribution < -0.4 is 0 Å². The third kappa shape index (κ3) is 5.34. The number of carbonyl (C=O) groups is 4. The maximum absolute atomic E-state index is 13.8. The highest BCUT2D eigenvalue weighted by Crippen LogP contribution is 2.47. The lowest BCUT2D eigenvalue weighted by molar-refractivity contribution is -0.139. The van der Waals surface area contributed by atoms with Crippen LogP contribution in [0.25, 0.3) is 0 Å². The summed E-state index contributed by atoms with van der Waals surface area (Å²) in [5.74, 6) is -4.57. The number of benzene rings is 2. The first kappa shape index (κ1) is 30.6. The Kier molecular flexibility index (Phi) is 8.67. The quantitative estimate of drug-likeness (QED) is 0.308. The second kappa shape index (κ2) is 11.9. The Morgan fingerprint density at radius 2 is 1.60 bits per heavy atom. The summed E-state index contributed by atoms with van der Waals surface area (Å²) in [5.41, 5.74) is -1.16. The molecule has 0 aromatic heterocycles. The molecule has 222 valence electrons. The number of fused-ring (bicyclic) bond motifs is 1. The Morgan fingerprint density at radius 1 is 0.976 bits per heavy atom. The summed E-state index contributed by atoms with van der Waals surface area (Å²) in [6.45, 7) is 2.42. The number of carbonyl (C=O) groups excluding carboxylic acids is 4. The van der Waals surface area contributed by atoms with Crippen molar-refractivity contribution in [3.63, 3.8) is 0 Å². The summed E-state index contributed by atoms with van der Waals surface area (Å²) < 4.78 is 57.5. The Balaban J connectivity index is 1.81. The average Bonchev–Trinajstić information content (AvgIpc) is 3.19. The van der Waals surface area contributed by atoms with Crippen LogP contribution in [0.5, 0.6) is 0 Å². The van der Waals surface area contributed by atoms with E-state index in [1.54, 1.807) is 12.1 Å². The second-order valence-electron chi connectivity index (χ2n) is 9.28. The van der Waals surface area contributed by atoms with Crippen LogP contribution in [-0.4, -0.2) is 67.5 Å². The maximum Gasteiger partial charge on any atom is 0.417 e. The number of hydrogen-bond donors (Lipinski definition) is 0. The van der Waals surface area contributed by atoms with Gasteiger partial charge >= 0.3 is 18.1 Å². The summed E-state index contributed by atoms with van der Waals surface area (Å²) in [4.78, 5) is 54.4. The molecule has 2 heterocycles. The zero-order valence-corrected chi connectivity index (χ0v) is 23.8. The summed E-state index contributed by atoms with van der Waals surface area (Å²) in [7, 11) is 2.56. The van der Waals surface area contributed by atoms with E-state index in [9.17, 15) is 32.3 Å². The number of methoxy groups -OCH3 is 1. The summed E-state index contributed by atoms with van der Waals surface area (Å²) in [6.07, 6.45) is -4.83. The van der Waals surface area contributed by atoms with E-state index in [0.717, 1.165) is 24.1 Å². The molecule has 1 unspecified atom stereocenters. The number of amides is 2. The van der Waals surface area contributed by atoms with E-state index in [-0.39, 0.29) is 59.2 Å². The molecule has 9 nitrogen and oxygen atoms in total. The van der Waals surface area contributed by atoms with Crippen molar-refractivity contribution in [3.05, 3.63) is 92.5 Å². The molecule has 4 rings (SSSR count). The first-order chi connectivity index (χ1) is 19.8. The molecule has 2 amide bonds. The Morgan fingerprint density at radius 3 is 2.14 bits per heavy atom. The van der Waals surface area contributed by atoms with Crippen LogP contribution in [0.15, 0.2) is 65.2 Å². The van der Waals surface area contributed by atoms with Gasteiger partial charge in [-0.05, 0) is 37.6 Å². The van der Waals surface area contributed by atoms with Crippen LogP contribution in [0.2, 0.25) is 5.02 Å². The summed E-state index contributed by atoms with van der Waals surface area (Å²) in [5, 5.41) is -0.721. The molecule has 0 aliphatic carbocycles. The number of hydrogen-bond acceptors (Lipinski definition) is 8. The van der Waals surface area contributed by atoms with Gasteiger partial charge in [0.15, 0.2) is 0 Å². The monoisotopic (exact) mass is 606 g/mol. The average molecular weight is 607 g/mol. The standard InChI is InChI=1S/C29H26ClF3N2O7/c1-5-41-28(39)22-21(18-11-8-12-19(23(18)30)29(31,32)33)20(27(38)40-4)15(2)34(3)26(22)42-14-13-35-24(36)16-9-6-7-10-17(16)25(35)37/h6-12,21H,5,13-14H2,1-4H3. The molecule has 0 fully saturated rings. The van der Waals surface area contributed by atoms with Crippen molar-refractivity contribution in [2.24, 2.45) is 0 Å². The highest BCUT2D eigenvalue weighted by molar-refractivity contribution is 6.32. The van der Waals surface area contributed by atoms with Crippen molar-refractivity contribution >= 4 is 35.4 Å². The van der Waals surface area contributed by atoms with E-state index in [4.69, 9.17) is 25.8 Å². The fraction of sp³-hybridized carbons (Fsp3) is 0.310. The number of allylic oxidation sites excluding steroid dienone is 1. The lowest BCUT2D eigenvalue weighted by Crippen LogP contribution is -2.37. The lowest BCUT2D eigenvalue weighted by Gasteiger charge is -2.36. The van der Waals surface area contributed by atoms with E-state index in [1.807, 2.05) is 0 Å². The van der Waals surface area contributed by atoms with Gasteiger partial charge in [0.05, 0.1) is 53.5 Å². The second-order valence-corrected chi connectivity index (χ2v) is 9.66. The Labute approximate surface area is 244 Å². The number of halogens is 4. The molecule has 0 spiro atoms. The molecule has 1 atom stereocenters. The molecular formula is C29H26ClF3N2O7. The van der Waals surface area contributed by atoms with Crippen LogP contribution in [0.3, 0.4) is 0 Å². The topological polar surface area (TPSA) is 102 Å². The predicted octanol–water partition coefficient (Wildman–Crippen LogP) is 4.92. The van der Waals surface area contributed by atoms with E-state index in [2.05, 4.69) is 0 Å². The smallest absolute Gasteiger partial charge is 0.417 e. The third-order valence-corrected chi connectivity index (χ3v) is 7.40. The van der Waals surface area contributed by atoms with Crippen LogP contribution in [0.1, 0.15) is 51.6 Å². The number of esters is 2. The van der Waals surface area contributed by atoms with Crippen LogP contribution in [-0.2, 0) is 30.0 Å². The predicted molar refractivity (Wildman–Crippen MR) is 143 cm³/mol. The Bertz CT molecular complexity index is 1500. The first-order valence-electron chi connectivity index (χ1n) is 12.7. The van der Waals surface area contributed by atoms with Crippen LogP contribution in [0.4, 0.5) is 13.2 Å². The minimum Gasteiger partial charge on any atom is -0.477 e. The minimum absolute atomic E-state index is 0.104. The molecule has 2 aliphatic heterocycles. The van der Waals surface area contributed by atoms with Crippen molar-refractivity contribution in [2.45, 2.75) is 25.9 Å². The highest BCUT2D eigenvalue weighted by atomic mass is 35.5. The SMILES string of the molecule is CCOC(=O)C1=C(OCCN2C(=O)c3ccccc3C2=O)N(C)C(C)=C(C(=O)OC)C1c1cccc(C(F)(F)F)c1Cl. The fourth-order valence-corrected chi connectivity index (χ4v) is 5.28. The van der Waals surface area contributed by atoms with Gasteiger partial charge < -0.3 is 19.1 Å². The third-order valence-electron chi connectivity index (χ3n) is 6.98. The first-order valence-corrected chi connectivity index (χ1v) is 13.1. The van der Waals surface area contributed by atoms with E-state index in [1.165, 1.54) is 44.0 Å². The molecule has 2 aliphatic rings. The van der Waals surface area contributed by atoms with Crippen molar-refractivity contribution in [1.82, 2.24) is 9.80 Å². The van der Waals surface area contributed by atoms with E-state index in [0.29, 0.717) is 0 Å². The van der Waals surface area contributed by atoms with Gasteiger partial charge in [-0.2, -0.15) is 13.2 Å². The molecule has 0 N–H and O–H groups in total. The number of imide groups is 1. The maximum atomic E-state index is 13.8. The summed E-state index contributed by atoms with van der Waals surface area (Å²) >= 11 is 6.28. The van der Waals surface area contributed by atoms with Gasteiger partial charge in [0.1, 0.15) is 12.2 Å². The van der Waals surface area contributed by atoms with Crippen molar-refractivity contribution in [2.75, 3.05) is 33.9 Å². The molecule has 2 aromatic rings. The molecule has 2 aromatic carbocycles. The van der Waals surface area contributed by atoms with Gasteiger partial charge in [0.25, 0.3) is 11.8 Å². The Hall–Kier alpha value is -4.32. The van der Waals surface area contributed by atoms with E-state index >= 15 is 0 Å². The van der Waals surface area contributed by atoms with Gasteiger partial charge in [-0.25, -0.2) is 9.59 Å². The zero-order chi connectivity index (χ0) is 30.9. The largest absolute Gasteiger partial charge is 0.477 e. The molecule has 0 saturated carbocycles. The molecule has 42 heavy (non-hydrogen) atoms. The van der Waals surface area contributed by atoms with Gasteiger partial charge in [0, 0.05) is 12.7 Å². The molecule has 13 heteroatoms. The molecule has 0 radical (unpaired) electrons. The molecule has 0 saturated heterocycles. The summed E-state index contributed by atoms with van der Waals surface area (Å²) in [6, 6.07) is 9.46.